The van der Waals surface area contributed by atoms with Crippen molar-refractivity contribution in [3.05, 3.63) is 0 Å². The topological polar surface area (TPSA) is 78.5 Å². The summed E-state index contributed by atoms with van der Waals surface area (Å²) in [5.41, 5.74) is 0. The third kappa shape index (κ3) is 3.79. The Kier molecular flexibility index (Phi) is 5.11. The quantitative estimate of drug-likeness (QED) is 0.720. The lowest BCUT2D eigenvalue weighted by molar-refractivity contribution is -0.149. The summed E-state index contributed by atoms with van der Waals surface area (Å²) < 4.78 is 0. The van der Waals surface area contributed by atoms with E-state index in [4.69, 9.17) is 0 Å². The van der Waals surface area contributed by atoms with E-state index in [1.165, 1.54) is 19.9 Å². The van der Waals surface area contributed by atoms with E-state index in [2.05, 4.69) is 10.6 Å². The fourth-order valence-electron chi connectivity index (χ4n) is 2.79. The van der Waals surface area contributed by atoms with Crippen molar-refractivity contribution in [2.75, 3.05) is 13.6 Å². The van der Waals surface area contributed by atoms with Crippen molar-refractivity contribution in [3.63, 3.8) is 0 Å². The van der Waals surface area contributed by atoms with Crippen LogP contribution in [0, 0.1) is 0 Å². The number of hydrogen-bond acceptors (Lipinski definition) is 4. The van der Waals surface area contributed by atoms with Gasteiger partial charge in [0.05, 0.1) is 0 Å². The van der Waals surface area contributed by atoms with Gasteiger partial charge in [-0.2, -0.15) is 0 Å². The van der Waals surface area contributed by atoms with Crippen LogP contribution < -0.4 is 10.6 Å². The number of likely N-dealkylation sites (tertiary alicyclic amines) is 1. The van der Waals surface area contributed by atoms with E-state index in [9.17, 15) is 14.4 Å². The molecule has 0 spiro atoms. The summed E-state index contributed by atoms with van der Waals surface area (Å²) in [5.74, 6) is -0.573. The minimum Gasteiger partial charge on any atom is -0.344 e. The van der Waals surface area contributed by atoms with Gasteiger partial charge in [0.25, 0.3) is 5.91 Å². The van der Waals surface area contributed by atoms with Crippen molar-refractivity contribution in [2.45, 2.75) is 57.0 Å². The van der Waals surface area contributed by atoms with Crippen molar-refractivity contribution in [1.29, 1.82) is 0 Å². The molecule has 0 radical (unpaired) electrons. The predicted octanol–water partition coefficient (Wildman–Crippen LogP) is 0.172. The molecule has 0 aromatic heterocycles. The van der Waals surface area contributed by atoms with Gasteiger partial charge in [-0.15, -0.1) is 0 Å². The minimum atomic E-state index is -0.537. The molecular formula is C14H23N3O3. The summed E-state index contributed by atoms with van der Waals surface area (Å²) in [4.78, 5) is 36.2. The maximum atomic E-state index is 11.9. The Hall–Kier alpha value is -1.43. The first-order chi connectivity index (χ1) is 9.58. The van der Waals surface area contributed by atoms with Crippen molar-refractivity contribution >= 4 is 17.7 Å². The van der Waals surface area contributed by atoms with Gasteiger partial charge >= 0.3 is 0 Å². The van der Waals surface area contributed by atoms with E-state index >= 15 is 0 Å². The average Bonchev–Trinajstić information content (AvgIpc) is 2.47. The van der Waals surface area contributed by atoms with Crippen LogP contribution in [0.2, 0.25) is 0 Å². The molecule has 0 aromatic carbocycles. The molecule has 0 saturated carbocycles. The minimum absolute atomic E-state index is 0.0986. The molecule has 2 aliphatic heterocycles. The number of imide groups is 1. The Morgan fingerprint density at radius 3 is 2.85 bits per heavy atom. The summed E-state index contributed by atoms with van der Waals surface area (Å²) in [5, 5.41) is 6.15. The number of carbonyl (C=O) groups excluding carboxylic acids is 3. The third-order valence-corrected chi connectivity index (χ3v) is 4.12. The molecule has 3 amide bonds. The zero-order valence-corrected chi connectivity index (χ0v) is 12.0. The van der Waals surface area contributed by atoms with Crippen LogP contribution in [0.3, 0.4) is 0 Å². The van der Waals surface area contributed by atoms with Gasteiger partial charge in [-0.3, -0.25) is 19.3 Å². The lowest BCUT2D eigenvalue weighted by Crippen LogP contribution is -2.53. The average molecular weight is 281 g/mol. The molecule has 2 rings (SSSR count). The number of carbonyl (C=O) groups is 3. The lowest BCUT2D eigenvalue weighted by Gasteiger charge is -2.28. The molecule has 0 aromatic rings. The summed E-state index contributed by atoms with van der Waals surface area (Å²) in [7, 11) is 1.47. The molecule has 2 N–H and O–H groups in total. The highest BCUT2D eigenvalue weighted by Crippen LogP contribution is 2.14. The van der Waals surface area contributed by atoms with Crippen LogP contribution >= 0.6 is 0 Å². The molecule has 2 fully saturated rings. The van der Waals surface area contributed by atoms with E-state index in [0.717, 1.165) is 24.3 Å². The normalized spacial score (nSPS) is 27.6. The van der Waals surface area contributed by atoms with Gasteiger partial charge in [0.1, 0.15) is 6.04 Å². The van der Waals surface area contributed by atoms with Gasteiger partial charge in [-0.05, 0) is 32.2 Å². The molecule has 2 saturated heterocycles. The number of hydrogen-bond donors (Lipinski definition) is 2. The van der Waals surface area contributed by atoms with Crippen molar-refractivity contribution in [1.82, 2.24) is 15.5 Å². The zero-order valence-electron chi connectivity index (χ0n) is 12.0. The number of amides is 3. The number of piperidine rings is 2. The van der Waals surface area contributed by atoms with E-state index in [-0.39, 0.29) is 17.7 Å². The third-order valence-electron chi connectivity index (χ3n) is 4.12. The summed E-state index contributed by atoms with van der Waals surface area (Å²) in [6.45, 7) is 1.03. The molecule has 112 valence electrons. The maximum Gasteiger partial charge on any atom is 0.251 e. The Balaban J connectivity index is 1.73. The fraction of sp³-hybridized carbons (Fsp3) is 0.786. The highest BCUT2D eigenvalue weighted by Gasteiger charge is 2.32. The molecule has 2 atom stereocenters. The standard InChI is InChI=1S/C14H23N3O3/c1-17-13(19)8-6-11(14(17)20)16-12(18)7-5-10-4-2-3-9-15-10/h10-11,15H,2-9H2,1H3,(H,16,18). The Bertz CT molecular complexity index is 391. The number of nitrogens with zero attached hydrogens (tertiary/aromatic N) is 1. The monoisotopic (exact) mass is 281 g/mol. The summed E-state index contributed by atoms with van der Waals surface area (Å²) >= 11 is 0. The first-order valence-electron chi connectivity index (χ1n) is 7.41. The Morgan fingerprint density at radius 1 is 1.35 bits per heavy atom. The van der Waals surface area contributed by atoms with Gasteiger partial charge in [-0.1, -0.05) is 6.42 Å². The Labute approximate surface area is 119 Å². The lowest BCUT2D eigenvalue weighted by atomic mass is 10.00. The largest absolute Gasteiger partial charge is 0.344 e. The molecule has 2 heterocycles. The predicted molar refractivity (Wildman–Crippen MR) is 73.8 cm³/mol. The second kappa shape index (κ2) is 6.83. The second-order valence-corrected chi connectivity index (χ2v) is 5.64. The van der Waals surface area contributed by atoms with E-state index in [0.29, 0.717) is 25.3 Å². The first-order valence-corrected chi connectivity index (χ1v) is 7.41. The molecule has 2 unspecified atom stereocenters. The van der Waals surface area contributed by atoms with Gasteiger partial charge < -0.3 is 10.6 Å². The van der Waals surface area contributed by atoms with Crippen LogP contribution in [0.25, 0.3) is 0 Å². The van der Waals surface area contributed by atoms with Crippen LogP contribution in [-0.4, -0.2) is 48.3 Å². The summed E-state index contributed by atoms with van der Waals surface area (Å²) in [6, 6.07) is -0.120. The maximum absolute atomic E-state index is 11.9. The molecule has 0 bridgehead atoms. The van der Waals surface area contributed by atoms with Crippen LogP contribution in [0.1, 0.15) is 44.9 Å². The highest BCUT2D eigenvalue weighted by molar-refractivity contribution is 6.01. The molecule has 6 heteroatoms. The Morgan fingerprint density at radius 2 is 2.15 bits per heavy atom. The number of likely N-dealkylation sites (N-methyl/N-ethyl adjacent to an activating group) is 1. The van der Waals surface area contributed by atoms with Gasteiger partial charge in [0.15, 0.2) is 0 Å². The molecule has 6 nitrogen and oxygen atoms in total. The number of rotatable bonds is 4. The fourth-order valence-corrected chi connectivity index (χ4v) is 2.79. The SMILES string of the molecule is CN1C(=O)CCC(NC(=O)CCC2CCCCN2)C1=O. The second-order valence-electron chi connectivity index (χ2n) is 5.64. The molecule has 0 aliphatic carbocycles. The van der Waals surface area contributed by atoms with E-state index in [1.807, 2.05) is 0 Å². The van der Waals surface area contributed by atoms with Crippen LogP contribution in [0.15, 0.2) is 0 Å². The molecule has 20 heavy (non-hydrogen) atoms. The van der Waals surface area contributed by atoms with Crippen molar-refractivity contribution in [3.8, 4) is 0 Å². The number of nitrogens with one attached hydrogen (secondary N) is 2. The van der Waals surface area contributed by atoms with Gasteiger partial charge in [0.2, 0.25) is 11.8 Å². The highest BCUT2D eigenvalue weighted by atomic mass is 16.2. The summed E-state index contributed by atoms with van der Waals surface area (Å²) in [6.07, 6.45) is 5.51. The van der Waals surface area contributed by atoms with Crippen LogP contribution in [0.4, 0.5) is 0 Å². The zero-order chi connectivity index (χ0) is 14.5. The van der Waals surface area contributed by atoms with E-state index < -0.39 is 6.04 Å². The van der Waals surface area contributed by atoms with Crippen molar-refractivity contribution in [2.24, 2.45) is 0 Å². The van der Waals surface area contributed by atoms with Crippen molar-refractivity contribution < 1.29 is 14.4 Å². The smallest absolute Gasteiger partial charge is 0.251 e. The first kappa shape index (κ1) is 15.0. The van der Waals surface area contributed by atoms with Gasteiger partial charge in [0, 0.05) is 25.9 Å². The van der Waals surface area contributed by atoms with E-state index in [1.54, 1.807) is 0 Å². The van der Waals surface area contributed by atoms with Crippen LogP contribution in [-0.2, 0) is 14.4 Å². The van der Waals surface area contributed by atoms with Crippen LogP contribution in [0.5, 0.6) is 0 Å². The van der Waals surface area contributed by atoms with Gasteiger partial charge in [-0.25, -0.2) is 0 Å². The molecular weight excluding hydrogens is 258 g/mol. The molecule has 2 aliphatic rings.